The number of carbonyl (C=O) groups excluding carboxylic acids is 1. The van der Waals surface area contributed by atoms with Crippen LogP contribution in [-0.4, -0.2) is 22.9 Å². The van der Waals surface area contributed by atoms with E-state index in [0.29, 0.717) is 24.4 Å². The van der Waals surface area contributed by atoms with E-state index in [1.165, 1.54) is 30.4 Å². The minimum atomic E-state index is -0.218. The van der Waals surface area contributed by atoms with E-state index in [-0.39, 0.29) is 5.66 Å². The van der Waals surface area contributed by atoms with Gasteiger partial charge >= 0.3 is 0 Å². The zero-order valence-electron chi connectivity index (χ0n) is 12.1. The lowest BCUT2D eigenvalue weighted by molar-refractivity contribution is -0.132. The van der Waals surface area contributed by atoms with Gasteiger partial charge in [-0.3, -0.25) is 10.1 Å². The normalized spacial score (nSPS) is 36.0. The van der Waals surface area contributed by atoms with E-state index in [9.17, 15) is 4.79 Å². The molecule has 1 aromatic carbocycles. The summed E-state index contributed by atoms with van der Waals surface area (Å²) in [7, 11) is 0. The highest BCUT2D eigenvalue weighted by Crippen LogP contribution is 2.47. The molecule has 0 aromatic heterocycles. The molecule has 1 aliphatic carbocycles. The Morgan fingerprint density at radius 3 is 2.75 bits per heavy atom. The van der Waals surface area contributed by atoms with Gasteiger partial charge in [0.15, 0.2) is 0 Å². The molecule has 106 valence electrons. The number of hydrogen-bond acceptors (Lipinski definition) is 2. The van der Waals surface area contributed by atoms with Gasteiger partial charge in [-0.1, -0.05) is 42.7 Å². The maximum Gasteiger partial charge on any atom is 0.224 e. The van der Waals surface area contributed by atoms with Crippen molar-refractivity contribution in [3.05, 3.63) is 35.4 Å². The molecule has 3 atom stereocenters. The molecule has 2 saturated heterocycles. The molecule has 0 bridgehead atoms. The van der Waals surface area contributed by atoms with Crippen molar-refractivity contribution in [2.75, 3.05) is 0 Å². The highest BCUT2D eigenvalue weighted by Gasteiger charge is 2.57. The molecule has 20 heavy (non-hydrogen) atoms. The van der Waals surface area contributed by atoms with Crippen molar-refractivity contribution in [1.29, 1.82) is 0 Å². The Bertz CT molecular complexity index is 538. The Labute approximate surface area is 120 Å². The van der Waals surface area contributed by atoms with E-state index >= 15 is 0 Å². The molecule has 1 amide bonds. The van der Waals surface area contributed by atoms with Crippen molar-refractivity contribution in [3.63, 3.8) is 0 Å². The first-order valence-corrected chi connectivity index (χ1v) is 7.88. The summed E-state index contributed by atoms with van der Waals surface area (Å²) < 4.78 is 0. The molecule has 2 heterocycles. The molecule has 1 N–H and O–H groups in total. The quantitative estimate of drug-likeness (QED) is 0.851. The number of rotatable bonds is 1. The highest BCUT2D eigenvalue weighted by atomic mass is 16.2. The van der Waals surface area contributed by atoms with Gasteiger partial charge in [0.05, 0.1) is 0 Å². The van der Waals surface area contributed by atoms with Crippen LogP contribution in [0.2, 0.25) is 0 Å². The lowest BCUT2D eigenvalue weighted by Gasteiger charge is -2.35. The van der Waals surface area contributed by atoms with Gasteiger partial charge in [-0.2, -0.15) is 0 Å². The van der Waals surface area contributed by atoms with Crippen LogP contribution >= 0.6 is 0 Å². The summed E-state index contributed by atoms with van der Waals surface area (Å²) in [6, 6.07) is 9.63. The fourth-order valence-electron chi connectivity index (χ4n) is 4.44. The summed E-state index contributed by atoms with van der Waals surface area (Å²) in [5, 5.41) is 3.84. The third-order valence-electron chi connectivity index (χ3n) is 5.40. The number of amides is 1. The number of fused-ring (bicyclic) bond motifs is 3. The number of benzene rings is 1. The molecule has 3 unspecified atom stereocenters. The highest BCUT2D eigenvalue weighted by molar-refractivity contribution is 5.81. The average molecular weight is 270 g/mol. The monoisotopic (exact) mass is 270 g/mol. The Balaban J connectivity index is 1.78. The summed E-state index contributed by atoms with van der Waals surface area (Å²) in [5.74, 6) is 0.340. The molecule has 3 fully saturated rings. The summed E-state index contributed by atoms with van der Waals surface area (Å²) in [6.45, 7) is 2.11. The summed E-state index contributed by atoms with van der Waals surface area (Å²) in [4.78, 5) is 14.6. The first-order chi connectivity index (χ1) is 9.71. The molecule has 3 heteroatoms. The van der Waals surface area contributed by atoms with E-state index < -0.39 is 0 Å². The number of nitrogens with zero attached hydrogens (tertiary/aromatic N) is 1. The molecule has 1 aromatic rings. The number of aryl methyl sites for hydroxylation is 1. The second-order valence-corrected chi connectivity index (χ2v) is 6.59. The van der Waals surface area contributed by atoms with E-state index in [2.05, 4.69) is 41.4 Å². The lowest BCUT2D eigenvalue weighted by atomic mass is 9.91. The molecule has 3 aliphatic rings. The molecular formula is C17H22N2O. The Morgan fingerprint density at radius 1 is 1.20 bits per heavy atom. The topological polar surface area (TPSA) is 32.3 Å². The minimum absolute atomic E-state index is 0.218. The molecule has 0 radical (unpaired) electrons. The summed E-state index contributed by atoms with van der Waals surface area (Å²) in [6.07, 6.45) is 6.53. The molecular weight excluding hydrogens is 248 g/mol. The van der Waals surface area contributed by atoms with Gasteiger partial charge in [-0.25, -0.2) is 0 Å². The first kappa shape index (κ1) is 12.4. The van der Waals surface area contributed by atoms with Crippen LogP contribution in [0.3, 0.4) is 0 Å². The van der Waals surface area contributed by atoms with Crippen molar-refractivity contribution in [1.82, 2.24) is 10.2 Å². The average Bonchev–Trinajstić information content (AvgIpc) is 2.96. The zero-order chi connectivity index (χ0) is 13.7. The Kier molecular flexibility index (Phi) is 2.68. The van der Waals surface area contributed by atoms with Gasteiger partial charge in [0.1, 0.15) is 5.66 Å². The lowest BCUT2D eigenvalue weighted by Crippen LogP contribution is -2.47. The van der Waals surface area contributed by atoms with Crippen LogP contribution in [-0.2, 0) is 10.5 Å². The third kappa shape index (κ3) is 1.59. The van der Waals surface area contributed by atoms with Crippen molar-refractivity contribution >= 4 is 5.91 Å². The van der Waals surface area contributed by atoms with Crippen LogP contribution in [0.1, 0.15) is 49.7 Å². The van der Waals surface area contributed by atoms with Crippen molar-refractivity contribution in [2.24, 2.45) is 0 Å². The van der Waals surface area contributed by atoms with E-state index in [1.807, 2.05) is 0 Å². The number of nitrogens with one attached hydrogen (secondary N) is 1. The van der Waals surface area contributed by atoms with Gasteiger partial charge in [-0.05, 0) is 31.7 Å². The molecule has 3 nitrogen and oxygen atoms in total. The molecule has 2 aliphatic heterocycles. The third-order valence-corrected chi connectivity index (χ3v) is 5.40. The van der Waals surface area contributed by atoms with Gasteiger partial charge in [0, 0.05) is 18.5 Å². The van der Waals surface area contributed by atoms with E-state index in [1.54, 1.807) is 0 Å². The van der Waals surface area contributed by atoms with Gasteiger partial charge in [0.25, 0.3) is 0 Å². The maximum atomic E-state index is 12.4. The predicted molar refractivity (Wildman–Crippen MR) is 78.1 cm³/mol. The van der Waals surface area contributed by atoms with Crippen LogP contribution in [0, 0.1) is 6.92 Å². The van der Waals surface area contributed by atoms with Crippen molar-refractivity contribution in [3.8, 4) is 0 Å². The van der Waals surface area contributed by atoms with Crippen molar-refractivity contribution in [2.45, 2.75) is 63.2 Å². The molecule has 1 saturated carbocycles. The SMILES string of the molecule is Cc1ccc(C23CCC(=O)N2C2CCCCC2N3)cc1. The smallest absolute Gasteiger partial charge is 0.224 e. The molecule has 4 rings (SSSR count). The summed E-state index contributed by atoms with van der Waals surface area (Å²) >= 11 is 0. The van der Waals surface area contributed by atoms with Crippen LogP contribution in [0.15, 0.2) is 24.3 Å². The van der Waals surface area contributed by atoms with Gasteiger partial charge in [0.2, 0.25) is 5.91 Å². The first-order valence-electron chi connectivity index (χ1n) is 7.88. The summed E-state index contributed by atoms with van der Waals surface area (Å²) in [5.41, 5.74) is 2.32. The number of hydrogen-bond donors (Lipinski definition) is 1. The fourth-order valence-corrected chi connectivity index (χ4v) is 4.44. The van der Waals surface area contributed by atoms with E-state index in [4.69, 9.17) is 0 Å². The van der Waals surface area contributed by atoms with Gasteiger partial charge in [-0.15, -0.1) is 0 Å². The molecule has 0 spiro atoms. The fraction of sp³-hybridized carbons (Fsp3) is 0.588. The minimum Gasteiger partial charge on any atom is -0.316 e. The maximum absolute atomic E-state index is 12.4. The van der Waals surface area contributed by atoms with Gasteiger partial charge < -0.3 is 4.90 Å². The van der Waals surface area contributed by atoms with Crippen LogP contribution < -0.4 is 5.32 Å². The Hall–Kier alpha value is -1.35. The predicted octanol–water partition coefficient (Wildman–Crippen LogP) is 2.68. The van der Waals surface area contributed by atoms with Crippen LogP contribution in [0.4, 0.5) is 0 Å². The van der Waals surface area contributed by atoms with E-state index in [0.717, 1.165) is 12.8 Å². The zero-order valence-corrected chi connectivity index (χ0v) is 12.1. The van der Waals surface area contributed by atoms with Crippen molar-refractivity contribution < 1.29 is 4.79 Å². The number of carbonyl (C=O) groups is 1. The van der Waals surface area contributed by atoms with Crippen LogP contribution in [0.5, 0.6) is 0 Å². The van der Waals surface area contributed by atoms with Crippen LogP contribution in [0.25, 0.3) is 0 Å². The standard InChI is InChI=1S/C17H22N2O/c1-12-6-8-13(9-7-12)17-11-10-16(20)19(17)15-5-3-2-4-14(15)18-17/h6-9,14-15,18H,2-5,10-11H2,1H3. The Morgan fingerprint density at radius 2 is 1.95 bits per heavy atom. The largest absolute Gasteiger partial charge is 0.316 e. The second kappa shape index (κ2) is 4.32. The second-order valence-electron chi connectivity index (χ2n) is 6.59.